The van der Waals surface area contributed by atoms with Crippen molar-refractivity contribution in [1.29, 1.82) is 0 Å². The zero-order valence-corrected chi connectivity index (χ0v) is 23.0. The number of nitrogens with one attached hydrogen (secondary N) is 2. The van der Waals surface area contributed by atoms with Gasteiger partial charge in [-0.3, -0.25) is 14.4 Å². The third-order valence-electron chi connectivity index (χ3n) is 7.19. The number of carboxylic acid groups (broad SMARTS) is 3. The van der Waals surface area contributed by atoms with Gasteiger partial charge in [0.25, 0.3) is 0 Å². The van der Waals surface area contributed by atoms with Gasteiger partial charge in [0, 0.05) is 19.5 Å². The zero-order chi connectivity index (χ0) is 30.7. The van der Waals surface area contributed by atoms with Crippen LogP contribution in [0.3, 0.4) is 0 Å². The molecule has 6 amide bonds. The van der Waals surface area contributed by atoms with Gasteiger partial charge in [-0.15, -0.1) is 0 Å². The third kappa shape index (κ3) is 7.80. The minimum Gasteiger partial charge on any atom is -0.481 e. The number of carboxylic acids is 3. The molecular formula is C27H36N4O10. The monoisotopic (exact) mass is 576 g/mol. The highest BCUT2D eigenvalue weighted by Gasteiger charge is 2.59. The molecule has 1 aromatic carbocycles. The van der Waals surface area contributed by atoms with Gasteiger partial charge in [0.15, 0.2) is 0 Å². The van der Waals surface area contributed by atoms with Gasteiger partial charge in [0.05, 0.1) is 0 Å². The summed E-state index contributed by atoms with van der Waals surface area (Å²) in [6.45, 7) is 3.46. The summed E-state index contributed by atoms with van der Waals surface area (Å²) in [6, 6.07) is 3.74. The first-order valence-corrected chi connectivity index (χ1v) is 13.4. The number of hydrogen-bond donors (Lipinski definition) is 5. The number of unbranched alkanes of at least 4 members (excludes halogenated alkanes) is 1. The normalized spacial score (nSPS) is 16.2. The largest absolute Gasteiger partial charge is 0.481 e. The lowest BCUT2D eigenvalue weighted by Crippen LogP contribution is -2.70. The first kappa shape index (κ1) is 32.7. The predicted octanol–water partition coefficient (Wildman–Crippen LogP) is 2.02. The van der Waals surface area contributed by atoms with E-state index in [-0.39, 0.29) is 32.2 Å². The van der Waals surface area contributed by atoms with Crippen LogP contribution in [0.4, 0.5) is 9.59 Å². The SMILES string of the molecule is CCC1(CC)C(=O)N(C(CCC(=O)O)C(=O)O)C(=O)N([C@@H](CCCCNC(=O)NCc2ccccc2)C(=O)O)C1=O. The number of hydrogen-bond acceptors (Lipinski definition) is 7. The summed E-state index contributed by atoms with van der Waals surface area (Å²) >= 11 is 0. The van der Waals surface area contributed by atoms with Crippen LogP contribution >= 0.6 is 0 Å². The van der Waals surface area contributed by atoms with Crippen molar-refractivity contribution in [3.05, 3.63) is 35.9 Å². The van der Waals surface area contributed by atoms with E-state index in [1.54, 1.807) is 0 Å². The lowest BCUT2D eigenvalue weighted by molar-refractivity contribution is -0.170. The molecule has 41 heavy (non-hydrogen) atoms. The Bertz CT molecular complexity index is 1150. The van der Waals surface area contributed by atoms with Crippen molar-refractivity contribution < 1.29 is 48.9 Å². The van der Waals surface area contributed by atoms with Gasteiger partial charge in [-0.25, -0.2) is 29.0 Å². The second-order valence-corrected chi connectivity index (χ2v) is 9.65. The number of carbonyl (C=O) groups is 7. The van der Waals surface area contributed by atoms with Crippen LogP contribution in [0.1, 0.15) is 64.4 Å². The van der Waals surface area contributed by atoms with Crippen molar-refractivity contribution in [3.63, 3.8) is 0 Å². The Morgan fingerprint density at radius 1 is 0.805 bits per heavy atom. The molecule has 1 unspecified atom stereocenters. The lowest BCUT2D eigenvalue weighted by atomic mass is 9.77. The number of aliphatic carboxylic acids is 3. The Kier molecular flexibility index (Phi) is 11.8. The highest BCUT2D eigenvalue weighted by Crippen LogP contribution is 2.39. The maximum atomic E-state index is 13.5. The van der Waals surface area contributed by atoms with Crippen molar-refractivity contribution >= 4 is 41.8 Å². The van der Waals surface area contributed by atoms with Gasteiger partial charge in [-0.1, -0.05) is 44.2 Å². The van der Waals surface area contributed by atoms with Crippen LogP contribution in [0.5, 0.6) is 0 Å². The highest BCUT2D eigenvalue weighted by atomic mass is 16.4. The number of amides is 6. The fourth-order valence-electron chi connectivity index (χ4n) is 4.74. The molecule has 224 valence electrons. The number of benzene rings is 1. The molecule has 1 aromatic rings. The van der Waals surface area contributed by atoms with E-state index in [0.717, 1.165) is 5.56 Å². The molecular weight excluding hydrogens is 540 g/mol. The third-order valence-corrected chi connectivity index (χ3v) is 7.19. The van der Waals surface area contributed by atoms with Gasteiger partial charge in [0.2, 0.25) is 11.8 Å². The van der Waals surface area contributed by atoms with E-state index in [1.807, 2.05) is 30.3 Å². The van der Waals surface area contributed by atoms with Crippen LogP contribution in [0, 0.1) is 5.41 Å². The maximum absolute atomic E-state index is 13.5. The molecule has 0 spiro atoms. The van der Waals surface area contributed by atoms with E-state index < -0.39 is 72.1 Å². The molecule has 1 aliphatic heterocycles. The summed E-state index contributed by atoms with van der Waals surface area (Å²) in [4.78, 5) is 88.5. The average Bonchev–Trinajstić information content (AvgIpc) is 2.93. The van der Waals surface area contributed by atoms with Crippen LogP contribution in [-0.4, -0.2) is 85.5 Å². The van der Waals surface area contributed by atoms with Crippen LogP contribution in [-0.2, 0) is 30.5 Å². The Morgan fingerprint density at radius 2 is 1.34 bits per heavy atom. The minimum absolute atomic E-state index is 0.138. The van der Waals surface area contributed by atoms with E-state index in [0.29, 0.717) is 22.8 Å². The molecule has 1 aliphatic rings. The van der Waals surface area contributed by atoms with Crippen LogP contribution < -0.4 is 10.6 Å². The van der Waals surface area contributed by atoms with Crippen molar-refractivity contribution in [1.82, 2.24) is 20.4 Å². The van der Waals surface area contributed by atoms with Gasteiger partial charge in [-0.2, -0.15) is 0 Å². The summed E-state index contributed by atoms with van der Waals surface area (Å²) in [5.41, 5.74) is -0.990. The summed E-state index contributed by atoms with van der Waals surface area (Å²) in [5, 5.41) is 34.0. The number of urea groups is 2. The van der Waals surface area contributed by atoms with Gasteiger partial charge >= 0.3 is 30.0 Å². The van der Waals surface area contributed by atoms with E-state index in [2.05, 4.69) is 10.6 Å². The molecule has 5 N–H and O–H groups in total. The van der Waals surface area contributed by atoms with Crippen LogP contribution in [0.25, 0.3) is 0 Å². The minimum atomic E-state index is -1.91. The zero-order valence-electron chi connectivity index (χ0n) is 23.0. The molecule has 2 atom stereocenters. The molecule has 1 heterocycles. The Hall–Kier alpha value is -4.49. The quantitative estimate of drug-likeness (QED) is 0.143. The molecule has 1 saturated heterocycles. The molecule has 14 nitrogen and oxygen atoms in total. The number of imide groups is 2. The molecule has 2 rings (SSSR count). The van der Waals surface area contributed by atoms with E-state index in [9.17, 15) is 43.8 Å². The second kappa shape index (κ2) is 14.8. The Morgan fingerprint density at radius 3 is 1.83 bits per heavy atom. The van der Waals surface area contributed by atoms with E-state index in [4.69, 9.17) is 5.11 Å². The fourth-order valence-corrected chi connectivity index (χ4v) is 4.74. The second-order valence-electron chi connectivity index (χ2n) is 9.65. The predicted molar refractivity (Wildman–Crippen MR) is 142 cm³/mol. The molecule has 0 aliphatic carbocycles. The van der Waals surface area contributed by atoms with E-state index >= 15 is 0 Å². The summed E-state index contributed by atoms with van der Waals surface area (Å²) in [5.74, 6) is -6.69. The van der Waals surface area contributed by atoms with Crippen LogP contribution in [0.2, 0.25) is 0 Å². The van der Waals surface area contributed by atoms with Crippen molar-refractivity contribution in [2.75, 3.05) is 6.54 Å². The summed E-state index contributed by atoms with van der Waals surface area (Å²) in [6.07, 6.45) is -1.34. The first-order valence-electron chi connectivity index (χ1n) is 13.4. The van der Waals surface area contributed by atoms with Crippen molar-refractivity contribution in [2.45, 2.75) is 77.4 Å². The molecule has 0 saturated carbocycles. The molecule has 0 radical (unpaired) electrons. The lowest BCUT2D eigenvalue weighted by Gasteiger charge is -2.46. The average molecular weight is 577 g/mol. The summed E-state index contributed by atoms with van der Waals surface area (Å²) in [7, 11) is 0. The number of nitrogens with zero attached hydrogens (tertiary/aromatic N) is 2. The topological polar surface area (TPSA) is 211 Å². The standard InChI is InChI=1S/C27H36N4O10/c1-3-27(4-2)23(38)30(26(41)31(24(27)39)19(22(36)37)13-14-20(32)33)18(21(34)35)12-8-9-15-28-25(40)29-16-17-10-6-5-7-11-17/h5-7,10-11,18-19H,3-4,8-9,12-16H2,1-2H3,(H,32,33)(H,34,35)(H,36,37)(H2,28,29,40)/t18-,19?/m0/s1. The molecule has 0 bridgehead atoms. The molecule has 14 heteroatoms. The van der Waals surface area contributed by atoms with Gasteiger partial charge < -0.3 is 26.0 Å². The van der Waals surface area contributed by atoms with Crippen molar-refractivity contribution in [3.8, 4) is 0 Å². The Balaban J connectivity index is 2.16. The first-order chi connectivity index (χ1) is 19.4. The maximum Gasteiger partial charge on any atom is 0.335 e. The summed E-state index contributed by atoms with van der Waals surface area (Å²) < 4.78 is 0. The Labute approximate surface area is 236 Å². The molecule has 1 fully saturated rings. The molecule has 0 aromatic heterocycles. The van der Waals surface area contributed by atoms with E-state index in [1.165, 1.54) is 13.8 Å². The number of rotatable bonds is 16. The van der Waals surface area contributed by atoms with Gasteiger partial charge in [0.1, 0.15) is 17.5 Å². The van der Waals surface area contributed by atoms with Crippen LogP contribution in [0.15, 0.2) is 30.3 Å². The van der Waals surface area contributed by atoms with Gasteiger partial charge in [-0.05, 0) is 44.1 Å². The van der Waals surface area contributed by atoms with Crippen molar-refractivity contribution in [2.24, 2.45) is 5.41 Å². The number of carbonyl (C=O) groups excluding carboxylic acids is 4. The fraction of sp³-hybridized carbons (Fsp3) is 0.519. The number of barbiturate groups is 1. The smallest absolute Gasteiger partial charge is 0.335 e. The highest BCUT2D eigenvalue weighted by molar-refractivity contribution is 6.21.